The van der Waals surface area contributed by atoms with E-state index in [1.54, 1.807) is 37.5 Å². The van der Waals surface area contributed by atoms with E-state index in [0.717, 1.165) is 23.0 Å². The number of carbonyl (C=O) groups is 2. The molecule has 0 aromatic heterocycles. The van der Waals surface area contributed by atoms with Crippen LogP contribution in [0.4, 0.5) is 0 Å². The Balaban J connectivity index is 1.67. The Bertz CT molecular complexity index is 1350. The highest BCUT2D eigenvalue weighted by molar-refractivity contribution is 6.02. The molecule has 7 nitrogen and oxygen atoms in total. The van der Waals surface area contributed by atoms with Crippen LogP contribution in [0, 0.1) is 6.92 Å². The first kappa shape index (κ1) is 25.8. The van der Waals surface area contributed by atoms with Crippen molar-refractivity contribution >= 4 is 23.9 Å². The van der Waals surface area contributed by atoms with Gasteiger partial charge in [-0.2, -0.15) is 0 Å². The number of phenolic OH excluding ortho intramolecular Hbond substituents is 1. The molecule has 3 aromatic rings. The van der Waals surface area contributed by atoms with Crippen molar-refractivity contribution in [2.24, 2.45) is 0 Å². The smallest absolute Gasteiger partial charge is 0.347 e. The van der Waals surface area contributed by atoms with Crippen LogP contribution in [0.15, 0.2) is 84.7 Å². The number of ketones is 1. The van der Waals surface area contributed by atoms with Gasteiger partial charge in [-0.25, -0.2) is 4.79 Å². The van der Waals surface area contributed by atoms with Crippen molar-refractivity contribution in [1.29, 1.82) is 0 Å². The van der Waals surface area contributed by atoms with E-state index in [1.165, 1.54) is 43.5 Å². The fraction of sp³-hybridized carbons (Fsp3) is 0.103. The molecule has 36 heavy (non-hydrogen) atoms. The van der Waals surface area contributed by atoms with E-state index in [9.17, 15) is 19.8 Å². The normalized spacial score (nSPS) is 11.6. The fourth-order valence-corrected chi connectivity index (χ4v) is 3.22. The minimum atomic E-state index is -0.734. The molecule has 0 saturated heterocycles. The van der Waals surface area contributed by atoms with Gasteiger partial charge in [0.25, 0.3) is 0 Å². The minimum Gasteiger partial charge on any atom is -0.508 e. The number of aromatic hydroxyl groups is 1. The Labute approximate surface area is 209 Å². The van der Waals surface area contributed by atoms with Crippen LogP contribution < -0.4 is 14.2 Å². The van der Waals surface area contributed by atoms with Crippen LogP contribution in [0.1, 0.15) is 27.0 Å². The summed E-state index contributed by atoms with van der Waals surface area (Å²) in [6, 6.07) is 16.4. The van der Waals surface area contributed by atoms with Gasteiger partial charge in [0.1, 0.15) is 22.8 Å². The molecule has 0 atom stereocenters. The highest BCUT2D eigenvalue weighted by Gasteiger charge is 2.15. The lowest BCUT2D eigenvalue weighted by Gasteiger charge is -2.10. The average molecular weight is 487 g/mol. The summed E-state index contributed by atoms with van der Waals surface area (Å²) < 4.78 is 15.9. The van der Waals surface area contributed by atoms with E-state index in [2.05, 4.69) is 0 Å². The van der Waals surface area contributed by atoms with Crippen LogP contribution in [0.2, 0.25) is 0 Å². The molecule has 0 spiro atoms. The SMILES string of the molecule is COc1cc(/C=C/C(O)=C/C(=O)/C=C/c2ccc(OC(=O)c3ccccc3O)c(OC)c2)ccc1C. The van der Waals surface area contributed by atoms with Crippen molar-refractivity contribution in [1.82, 2.24) is 0 Å². The topological polar surface area (TPSA) is 102 Å². The van der Waals surface area contributed by atoms with Gasteiger partial charge in [-0.1, -0.05) is 42.5 Å². The number of aliphatic hydroxyl groups is 1. The zero-order valence-electron chi connectivity index (χ0n) is 20.1. The molecule has 184 valence electrons. The van der Waals surface area contributed by atoms with Crippen LogP contribution in [0.5, 0.6) is 23.0 Å². The molecule has 0 amide bonds. The standard InChI is InChI=1S/C29H26O7/c1-19-8-9-20(16-27(19)34-2)10-13-22(30)18-23(31)14-11-21-12-15-26(28(17-21)35-3)36-29(33)24-6-4-5-7-25(24)32/h4-18,30,32H,1-3H3/b13-10+,14-11+,22-18-. The number of methoxy groups -OCH3 is 2. The number of allylic oxidation sites excluding steroid dienone is 3. The lowest BCUT2D eigenvalue weighted by Crippen LogP contribution is -2.09. The van der Waals surface area contributed by atoms with Gasteiger partial charge in [-0.3, -0.25) is 4.79 Å². The first-order chi connectivity index (χ1) is 17.3. The molecular formula is C29H26O7. The third-order valence-corrected chi connectivity index (χ3v) is 5.12. The van der Waals surface area contributed by atoms with Gasteiger partial charge in [-0.15, -0.1) is 0 Å². The van der Waals surface area contributed by atoms with Gasteiger partial charge in [0, 0.05) is 6.08 Å². The molecule has 3 rings (SSSR count). The zero-order chi connectivity index (χ0) is 26.1. The molecular weight excluding hydrogens is 460 g/mol. The van der Waals surface area contributed by atoms with E-state index >= 15 is 0 Å². The van der Waals surface area contributed by atoms with Crippen LogP contribution >= 0.6 is 0 Å². The Hall–Kier alpha value is -4.78. The largest absolute Gasteiger partial charge is 0.508 e. The van der Waals surface area contributed by atoms with Crippen LogP contribution in [0.3, 0.4) is 0 Å². The Morgan fingerprint density at radius 3 is 2.14 bits per heavy atom. The van der Waals surface area contributed by atoms with Gasteiger partial charge >= 0.3 is 5.97 Å². The number of hydrogen-bond acceptors (Lipinski definition) is 7. The van der Waals surface area contributed by atoms with E-state index in [4.69, 9.17) is 14.2 Å². The third-order valence-electron chi connectivity index (χ3n) is 5.12. The number of hydrogen-bond donors (Lipinski definition) is 2. The summed E-state index contributed by atoms with van der Waals surface area (Å²) in [6.45, 7) is 1.93. The molecule has 3 aromatic carbocycles. The second-order valence-corrected chi connectivity index (χ2v) is 7.68. The first-order valence-electron chi connectivity index (χ1n) is 10.9. The number of para-hydroxylation sites is 1. The first-order valence-corrected chi connectivity index (χ1v) is 10.9. The highest BCUT2D eigenvalue weighted by atomic mass is 16.6. The molecule has 0 heterocycles. The predicted octanol–water partition coefficient (Wildman–Crippen LogP) is 5.67. The van der Waals surface area contributed by atoms with Gasteiger partial charge in [0.15, 0.2) is 17.3 Å². The van der Waals surface area contributed by atoms with Crippen LogP contribution in [-0.4, -0.2) is 36.2 Å². The summed E-state index contributed by atoms with van der Waals surface area (Å²) in [6.07, 6.45) is 7.02. The maximum atomic E-state index is 12.4. The molecule has 0 fully saturated rings. The second kappa shape index (κ2) is 12.1. The lowest BCUT2D eigenvalue weighted by molar-refractivity contribution is -0.110. The molecule has 0 saturated carbocycles. The number of ether oxygens (including phenoxy) is 3. The van der Waals surface area contributed by atoms with Crippen molar-refractivity contribution in [3.8, 4) is 23.0 Å². The fourth-order valence-electron chi connectivity index (χ4n) is 3.22. The van der Waals surface area contributed by atoms with Crippen molar-refractivity contribution in [2.75, 3.05) is 14.2 Å². The number of aryl methyl sites for hydroxylation is 1. The van der Waals surface area contributed by atoms with Gasteiger partial charge < -0.3 is 24.4 Å². The van der Waals surface area contributed by atoms with Gasteiger partial charge in [0.05, 0.1) is 14.2 Å². The second-order valence-electron chi connectivity index (χ2n) is 7.68. The summed E-state index contributed by atoms with van der Waals surface area (Å²) in [5.41, 5.74) is 2.44. The Morgan fingerprint density at radius 2 is 1.44 bits per heavy atom. The molecule has 0 unspecified atom stereocenters. The summed E-state index contributed by atoms with van der Waals surface area (Å²) in [4.78, 5) is 24.6. The zero-order valence-corrected chi connectivity index (χ0v) is 20.1. The highest BCUT2D eigenvalue weighted by Crippen LogP contribution is 2.30. The molecule has 7 heteroatoms. The number of rotatable bonds is 9. The predicted molar refractivity (Wildman–Crippen MR) is 138 cm³/mol. The molecule has 0 aliphatic carbocycles. The minimum absolute atomic E-state index is 0.0243. The van der Waals surface area contributed by atoms with Crippen molar-refractivity contribution < 1.29 is 34.0 Å². The Morgan fingerprint density at radius 1 is 0.806 bits per heavy atom. The number of aliphatic hydroxyl groups excluding tert-OH is 1. The lowest BCUT2D eigenvalue weighted by atomic mass is 10.1. The van der Waals surface area contributed by atoms with E-state index < -0.39 is 11.8 Å². The summed E-state index contributed by atoms with van der Waals surface area (Å²) in [7, 11) is 3.01. The van der Waals surface area contributed by atoms with Crippen molar-refractivity contribution in [3.63, 3.8) is 0 Å². The monoisotopic (exact) mass is 486 g/mol. The van der Waals surface area contributed by atoms with E-state index in [-0.39, 0.29) is 28.6 Å². The van der Waals surface area contributed by atoms with Crippen molar-refractivity contribution in [2.45, 2.75) is 6.92 Å². The molecule has 0 aliphatic heterocycles. The molecule has 0 aliphatic rings. The molecule has 0 radical (unpaired) electrons. The van der Waals surface area contributed by atoms with Crippen molar-refractivity contribution in [3.05, 3.63) is 107 Å². The maximum absolute atomic E-state index is 12.4. The van der Waals surface area contributed by atoms with Crippen LogP contribution in [-0.2, 0) is 4.79 Å². The van der Waals surface area contributed by atoms with Gasteiger partial charge in [0.2, 0.25) is 0 Å². The van der Waals surface area contributed by atoms with E-state index in [0.29, 0.717) is 5.56 Å². The maximum Gasteiger partial charge on any atom is 0.347 e. The van der Waals surface area contributed by atoms with Gasteiger partial charge in [-0.05, 0) is 66.1 Å². The number of carbonyl (C=O) groups excluding carboxylic acids is 2. The quantitative estimate of drug-likeness (QED) is 0.132. The summed E-state index contributed by atoms with van der Waals surface area (Å²) in [5, 5.41) is 19.9. The molecule has 2 N–H and O–H groups in total. The number of benzene rings is 3. The van der Waals surface area contributed by atoms with E-state index in [1.807, 2.05) is 25.1 Å². The average Bonchev–Trinajstić information content (AvgIpc) is 2.87. The number of esters is 1. The van der Waals surface area contributed by atoms with Crippen LogP contribution in [0.25, 0.3) is 12.2 Å². The summed E-state index contributed by atoms with van der Waals surface area (Å²) >= 11 is 0. The third kappa shape index (κ3) is 6.87. The summed E-state index contributed by atoms with van der Waals surface area (Å²) in [5.74, 6) is -0.394. The Kier molecular flexibility index (Phi) is 8.67. The molecule has 0 bridgehead atoms. The number of phenols is 1.